The second kappa shape index (κ2) is 6.18. The van der Waals surface area contributed by atoms with Gasteiger partial charge in [-0.2, -0.15) is 0 Å². The van der Waals surface area contributed by atoms with Crippen molar-refractivity contribution in [3.63, 3.8) is 0 Å². The molecule has 1 amide bonds. The Bertz CT molecular complexity index is 596. The smallest absolute Gasteiger partial charge is 0.224 e. The molecule has 1 aromatic rings. The minimum absolute atomic E-state index is 0.115. The van der Waals surface area contributed by atoms with Gasteiger partial charge in [0.1, 0.15) is 0 Å². The summed E-state index contributed by atoms with van der Waals surface area (Å²) >= 11 is 0. The molecule has 0 aromatic heterocycles. The van der Waals surface area contributed by atoms with E-state index in [2.05, 4.69) is 24.4 Å². The summed E-state index contributed by atoms with van der Waals surface area (Å²) in [6.07, 6.45) is 7.10. The highest BCUT2D eigenvalue weighted by Gasteiger charge is 2.57. The molecule has 5 rings (SSSR count). The van der Waals surface area contributed by atoms with Crippen molar-refractivity contribution >= 4 is 5.91 Å². The first-order valence-corrected chi connectivity index (χ1v) is 9.46. The Kier molecular flexibility index (Phi) is 4.16. The van der Waals surface area contributed by atoms with Gasteiger partial charge in [0.15, 0.2) is 0 Å². The lowest BCUT2D eigenvalue weighted by Crippen LogP contribution is -2.63. The lowest BCUT2D eigenvalue weighted by atomic mass is 9.49. The van der Waals surface area contributed by atoms with E-state index in [1.54, 1.807) is 0 Å². The van der Waals surface area contributed by atoms with Crippen LogP contribution >= 0.6 is 0 Å². The van der Waals surface area contributed by atoms with Crippen LogP contribution in [0.5, 0.6) is 0 Å². The van der Waals surface area contributed by atoms with Crippen LogP contribution < -0.4 is 5.32 Å². The topological polar surface area (TPSA) is 38.3 Å². The van der Waals surface area contributed by atoms with Gasteiger partial charge in [0.2, 0.25) is 5.91 Å². The molecule has 0 spiro atoms. The van der Waals surface area contributed by atoms with Gasteiger partial charge in [-0.25, -0.2) is 0 Å². The largest absolute Gasteiger partial charge is 0.376 e. The van der Waals surface area contributed by atoms with Gasteiger partial charge in [-0.15, -0.1) is 0 Å². The third kappa shape index (κ3) is 2.77. The summed E-state index contributed by atoms with van der Waals surface area (Å²) < 4.78 is 6.12. The zero-order valence-corrected chi connectivity index (χ0v) is 14.9. The van der Waals surface area contributed by atoms with Gasteiger partial charge in [-0.3, -0.25) is 4.79 Å². The first kappa shape index (κ1) is 16.1. The van der Waals surface area contributed by atoms with Gasteiger partial charge >= 0.3 is 0 Å². The van der Waals surface area contributed by atoms with E-state index in [4.69, 9.17) is 4.74 Å². The van der Waals surface area contributed by atoms with E-state index in [9.17, 15) is 4.79 Å². The molecule has 3 heteroatoms. The Morgan fingerprint density at radius 1 is 1.17 bits per heavy atom. The van der Waals surface area contributed by atoms with Crippen LogP contribution in [0, 0.1) is 30.6 Å². The summed E-state index contributed by atoms with van der Waals surface area (Å²) in [6.45, 7) is 2.75. The molecule has 1 N–H and O–H groups in total. The standard InChI is InChI=1S/C21H29NO2/c1-14-4-3-5-15(6-14)12-20(23)22-13-21(24-2)18-8-16-7-17(10-18)11-19(21)9-16/h3-6,16-19H,7-13H2,1-2H3,(H,22,23). The highest BCUT2D eigenvalue weighted by atomic mass is 16.5. The second-order valence-electron chi connectivity index (χ2n) is 8.41. The molecule has 0 radical (unpaired) electrons. The molecule has 0 unspecified atom stereocenters. The molecule has 0 aliphatic heterocycles. The highest BCUT2D eigenvalue weighted by Crippen LogP contribution is 2.59. The van der Waals surface area contributed by atoms with Crippen molar-refractivity contribution in [3.05, 3.63) is 35.4 Å². The molecule has 130 valence electrons. The van der Waals surface area contributed by atoms with Crippen molar-refractivity contribution in [2.75, 3.05) is 13.7 Å². The molecular weight excluding hydrogens is 298 g/mol. The number of carbonyl (C=O) groups excluding carboxylic acids is 1. The van der Waals surface area contributed by atoms with Crippen LogP contribution in [0.2, 0.25) is 0 Å². The van der Waals surface area contributed by atoms with Crippen molar-refractivity contribution in [2.45, 2.75) is 51.0 Å². The summed E-state index contributed by atoms with van der Waals surface area (Å²) in [5.41, 5.74) is 2.18. The highest BCUT2D eigenvalue weighted by molar-refractivity contribution is 5.78. The minimum atomic E-state index is -0.115. The average molecular weight is 327 g/mol. The fourth-order valence-electron chi connectivity index (χ4n) is 5.98. The zero-order chi connectivity index (χ0) is 16.7. The maximum atomic E-state index is 12.5. The summed E-state index contributed by atoms with van der Waals surface area (Å²) in [4.78, 5) is 12.5. The first-order valence-electron chi connectivity index (χ1n) is 9.46. The van der Waals surface area contributed by atoms with E-state index in [0.29, 0.717) is 24.8 Å². The molecule has 4 fully saturated rings. The van der Waals surface area contributed by atoms with Crippen LogP contribution in [0.25, 0.3) is 0 Å². The number of amides is 1. The number of rotatable bonds is 5. The van der Waals surface area contributed by atoms with Crippen molar-refractivity contribution in [3.8, 4) is 0 Å². The molecule has 4 aliphatic carbocycles. The number of hydrogen-bond donors (Lipinski definition) is 1. The third-order valence-electron chi connectivity index (χ3n) is 6.91. The van der Waals surface area contributed by atoms with Crippen molar-refractivity contribution in [1.82, 2.24) is 5.32 Å². The summed E-state index contributed by atoms with van der Waals surface area (Å²) in [7, 11) is 1.86. The molecule has 0 saturated heterocycles. The van der Waals surface area contributed by atoms with Crippen LogP contribution in [0.15, 0.2) is 24.3 Å². The summed E-state index contributed by atoms with van der Waals surface area (Å²) in [5, 5.41) is 3.21. The number of carbonyl (C=O) groups is 1. The average Bonchev–Trinajstić information content (AvgIpc) is 2.54. The quantitative estimate of drug-likeness (QED) is 0.899. The number of nitrogens with one attached hydrogen (secondary N) is 1. The predicted octanol–water partition coefficient (Wildman–Crippen LogP) is 3.50. The number of hydrogen-bond acceptors (Lipinski definition) is 2. The van der Waals surface area contributed by atoms with E-state index < -0.39 is 0 Å². The third-order valence-corrected chi connectivity index (χ3v) is 6.91. The van der Waals surface area contributed by atoms with E-state index in [0.717, 1.165) is 17.4 Å². The minimum Gasteiger partial charge on any atom is -0.376 e. The molecule has 4 aliphatic rings. The summed E-state index contributed by atoms with van der Waals surface area (Å²) in [5.74, 6) is 3.22. The fourth-order valence-corrected chi connectivity index (χ4v) is 5.98. The van der Waals surface area contributed by atoms with Gasteiger partial charge in [0.05, 0.1) is 12.0 Å². The normalized spacial score (nSPS) is 36.8. The van der Waals surface area contributed by atoms with Crippen LogP contribution in [-0.2, 0) is 16.0 Å². The molecular formula is C21H29NO2. The predicted molar refractivity (Wildman–Crippen MR) is 94.7 cm³/mol. The Labute approximate surface area is 145 Å². The Morgan fingerprint density at radius 3 is 2.42 bits per heavy atom. The van der Waals surface area contributed by atoms with Crippen LogP contribution in [-0.4, -0.2) is 25.2 Å². The SMILES string of the molecule is COC1(CNC(=O)Cc2cccc(C)c2)C2CC3CC(C2)CC1C3. The lowest BCUT2D eigenvalue weighted by molar-refractivity contribution is -0.188. The zero-order valence-electron chi connectivity index (χ0n) is 14.9. The van der Waals surface area contributed by atoms with Gasteiger partial charge in [-0.1, -0.05) is 29.8 Å². The van der Waals surface area contributed by atoms with Gasteiger partial charge in [-0.05, 0) is 68.3 Å². The first-order chi connectivity index (χ1) is 11.6. The molecule has 4 saturated carbocycles. The van der Waals surface area contributed by atoms with Crippen LogP contribution in [0.4, 0.5) is 0 Å². The number of methoxy groups -OCH3 is 1. The molecule has 0 atom stereocenters. The maximum Gasteiger partial charge on any atom is 0.224 e. The van der Waals surface area contributed by atoms with E-state index >= 15 is 0 Å². The fraction of sp³-hybridized carbons (Fsp3) is 0.667. The molecule has 3 nitrogen and oxygen atoms in total. The van der Waals surface area contributed by atoms with Crippen LogP contribution in [0.3, 0.4) is 0 Å². The molecule has 24 heavy (non-hydrogen) atoms. The Hall–Kier alpha value is -1.35. The van der Waals surface area contributed by atoms with Crippen molar-refractivity contribution < 1.29 is 9.53 Å². The molecule has 1 aromatic carbocycles. The van der Waals surface area contributed by atoms with Gasteiger partial charge < -0.3 is 10.1 Å². The molecule has 4 bridgehead atoms. The van der Waals surface area contributed by atoms with E-state index in [1.165, 1.54) is 37.7 Å². The number of benzene rings is 1. The summed E-state index contributed by atoms with van der Waals surface area (Å²) in [6, 6.07) is 8.21. The Balaban J connectivity index is 1.41. The second-order valence-corrected chi connectivity index (χ2v) is 8.41. The van der Waals surface area contributed by atoms with Crippen LogP contribution in [0.1, 0.15) is 43.2 Å². The van der Waals surface area contributed by atoms with Crippen molar-refractivity contribution in [1.29, 1.82) is 0 Å². The van der Waals surface area contributed by atoms with Gasteiger partial charge in [0, 0.05) is 13.7 Å². The number of aryl methyl sites for hydroxylation is 1. The van der Waals surface area contributed by atoms with E-state index in [-0.39, 0.29) is 11.5 Å². The maximum absolute atomic E-state index is 12.5. The number of ether oxygens (including phenoxy) is 1. The van der Waals surface area contributed by atoms with Gasteiger partial charge in [0.25, 0.3) is 0 Å². The van der Waals surface area contributed by atoms with E-state index in [1.807, 2.05) is 19.2 Å². The lowest BCUT2D eigenvalue weighted by Gasteiger charge is -2.60. The molecule has 0 heterocycles. The van der Waals surface area contributed by atoms with Crippen molar-refractivity contribution in [2.24, 2.45) is 23.7 Å². The Morgan fingerprint density at radius 2 is 1.83 bits per heavy atom. The monoisotopic (exact) mass is 327 g/mol.